The molecule has 0 spiro atoms. The first-order valence-corrected chi connectivity index (χ1v) is 9.49. The van der Waals surface area contributed by atoms with E-state index in [1.54, 1.807) is 30.6 Å². The van der Waals surface area contributed by atoms with Crippen molar-refractivity contribution < 1.29 is 18.4 Å². The highest BCUT2D eigenvalue weighted by Crippen LogP contribution is 2.26. The zero-order valence-electron chi connectivity index (χ0n) is 17.1. The van der Waals surface area contributed by atoms with Crippen molar-refractivity contribution in [2.24, 2.45) is 0 Å². The Kier molecular flexibility index (Phi) is 5.35. The van der Waals surface area contributed by atoms with Crippen molar-refractivity contribution in [2.45, 2.75) is 25.8 Å². The maximum atomic E-state index is 14.8. The second kappa shape index (κ2) is 7.96. The molecule has 0 saturated heterocycles. The van der Waals surface area contributed by atoms with Crippen LogP contribution in [0.3, 0.4) is 0 Å². The normalized spacial score (nSPS) is 13.9. The van der Waals surface area contributed by atoms with Crippen molar-refractivity contribution >= 4 is 16.6 Å². The van der Waals surface area contributed by atoms with E-state index in [4.69, 9.17) is 14.0 Å². The van der Waals surface area contributed by atoms with E-state index in [1.165, 1.54) is 24.1 Å². The van der Waals surface area contributed by atoms with Gasteiger partial charge in [-0.3, -0.25) is 13.8 Å². The molecule has 0 aliphatic heterocycles. The average molecular weight is 415 g/mol. The van der Waals surface area contributed by atoms with E-state index in [2.05, 4.69) is 15.1 Å². The molecule has 30 heavy (non-hydrogen) atoms. The van der Waals surface area contributed by atoms with E-state index in [9.17, 15) is 9.18 Å². The van der Waals surface area contributed by atoms with Gasteiger partial charge in [0.25, 0.3) is 5.56 Å². The van der Waals surface area contributed by atoms with Gasteiger partial charge < -0.3 is 14.0 Å². The molecule has 0 fully saturated rings. The van der Waals surface area contributed by atoms with Crippen molar-refractivity contribution in [1.82, 2.24) is 24.1 Å². The molecule has 0 radical (unpaired) electrons. The minimum Gasteiger partial charge on any atom is -0.384 e. The lowest BCUT2D eigenvalue weighted by atomic mass is 10.2. The summed E-state index contributed by atoms with van der Waals surface area (Å²) in [6.07, 6.45) is 1.47. The van der Waals surface area contributed by atoms with Crippen molar-refractivity contribution in [2.75, 3.05) is 27.4 Å². The third kappa shape index (κ3) is 3.17. The fraction of sp³-hybridized carbons (Fsp3) is 0.400. The Hall–Kier alpha value is -3.11. The molecule has 0 N–H and O–H groups in total. The molecule has 0 aliphatic carbocycles. The van der Waals surface area contributed by atoms with Crippen LogP contribution in [-0.4, -0.2) is 51.5 Å². The predicted molar refractivity (Wildman–Crippen MR) is 107 cm³/mol. The fourth-order valence-corrected chi connectivity index (χ4v) is 3.64. The number of imidazole rings is 1. The van der Waals surface area contributed by atoms with Crippen LogP contribution in [0.15, 0.2) is 33.8 Å². The molecule has 0 bridgehead atoms. The highest BCUT2D eigenvalue weighted by atomic mass is 19.1. The summed E-state index contributed by atoms with van der Waals surface area (Å²) in [4.78, 5) is 22.2. The molecule has 10 heteroatoms. The summed E-state index contributed by atoms with van der Waals surface area (Å²) >= 11 is 0. The van der Waals surface area contributed by atoms with Gasteiger partial charge >= 0.3 is 0 Å². The van der Waals surface area contributed by atoms with Crippen LogP contribution in [0.25, 0.3) is 28.1 Å². The number of fused-ring (bicyclic) bond motifs is 3. The first-order chi connectivity index (χ1) is 14.5. The van der Waals surface area contributed by atoms with Gasteiger partial charge in [-0.25, -0.2) is 9.37 Å². The molecule has 0 saturated carbocycles. The van der Waals surface area contributed by atoms with Crippen molar-refractivity contribution in [1.29, 1.82) is 0 Å². The lowest BCUT2D eigenvalue weighted by Gasteiger charge is -2.18. The van der Waals surface area contributed by atoms with Gasteiger partial charge in [0, 0.05) is 14.2 Å². The minimum atomic E-state index is -0.500. The van der Waals surface area contributed by atoms with Crippen LogP contribution in [0.4, 0.5) is 4.39 Å². The number of nitrogens with zero attached hydrogens (tertiary/aromatic N) is 5. The van der Waals surface area contributed by atoms with Crippen LogP contribution >= 0.6 is 0 Å². The Morgan fingerprint density at radius 2 is 1.93 bits per heavy atom. The molecule has 0 amide bonds. The standard InChI is InChI=1S/C20H22FN5O4/c1-11(8-28-3)19-23-18(24-30-19)15-17-20(27)26(12(2)9-29-4)16-13(21)6-5-7-14(16)25(17)10-22-15/h5-7,10-12H,8-9H2,1-4H3. The third-order valence-electron chi connectivity index (χ3n) is 5.00. The summed E-state index contributed by atoms with van der Waals surface area (Å²) in [6, 6.07) is 4.24. The average Bonchev–Trinajstić information content (AvgIpc) is 3.37. The van der Waals surface area contributed by atoms with Gasteiger partial charge in [-0.1, -0.05) is 18.1 Å². The first kappa shape index (κ1) is 20.2. The largest absolute Gasteiger partial charge is 0.384 e. The van der Waals surface area contributed by atoms with Crippen LogP contribution in [0.1, 0.15) is 31.7 Å². The molecule has 3 heterocycles. The second-order valence-electron chi connectivity index (χ2n) is 7.21. The first-order valence-electron chi connectivity index (χ1n) is 9.49. The van der Waals surface area contributed by atoms with Crippen molar-refractivity contribution in [3.05, 3.63) is 46.6 Å². The highest BCUT2D eigenvalue weighted by Gasteiger charge is 2.24. The topological polar surface area (TPSA) is 96.7 Å². The molecule has 0 aliphatic rings. The van der Waals surface area contributed by atoms with E-state index in [1.807, 2.05) is 6.92 Å². The molecule has 158 valence electrons. The number of benzene rings is 1. The van der Waals surface area contributed by atoms with E-state index in [0.29, 0.717) is 18.0 Å². The van der Waals surface area contributed by atoms with Crippen molar-refractivity contribution in [3.8, 4) is 11.5 Å². The molecular weight excluding hydrogens is 393 g/mol. The molecule has 2 unspecified atom stereocenters. The lowest BCUT2D eigenvalue weighted by Crippen LogP contribution is -2.28. The van der Waals surface area contributed by atoms with Crippen molar-refractivity contribution in [3.63, 3.8) is 0 Å². The maximum absolute atomic E-state index is 14.8. The van der Waals surface area contributed by atoms with Gasteiger partial charge in [0.2, 0.25) is 11.7 Å². The Morgan fingerprint density at radius 3 is 2.67 bits per heavy atom. The number of hydrogen-bond acceptors (Lipinski definition) is 7. The molecule has 3 aromatic heterocycles. The van der Waals surface area contributed by atoms with Gasteiger partial charge in [-0.2, -0.15) is 4.98 Å². The van der Waals surface area contributed by atoms with Gasteiger partial charge in [0.15, 0.2) is 0 Å². The Labute approximate surface area is 171 Å². The van der Waals surface area contributed by atoms with Gasteiger partial charge in [-0.15, -0.1) is 0 Å². The number of rotatable bonds is 7. The monoisotopic (exact) mass is 415 g/mol. The number of methoxy groups -OCH3 is 2. The highest BCUT2D eigenvalue weighted by molar-refractivity contribution is 5.84. The quantitative estimate of drug-likeness (QED) is 0.458. The van der Waals surface area contributed by atoms with Crippen LogP contribution in [0, 0.1) is 5.82 Å². The predicted octanol–water partition coefficient (Wildman–Crippen LogP) is 2.80. The summed E-state index contributed by atoms with van der Waals surface area (Å²) < 4.78 is 33.4. The smallest absolute Gasteiger partial charge is 0.278 e. The number of para-hydroxylation sites is 1. The third-order valence-corrected chi connectivity index (χ3v) is 5.00. The Bertz CT molecular complexity index is 1260. The zero-order chi connectivity index (χ0) is 21.4. The molecule has 1 aromatic carbocycles. The molecule has 2 atom stereocenters. The summed E-state index contributed by atoms with van der Waals surface area (Å²) in [5.74, 6) is -0.0412. The zero-order valence-corrected chi connectivity index (χ0v) is 17.1. The number of halogens is 1. The van der Waals surface area contributed by atoms with Crippen LogP contribution in [0.2, 0.25) is 0 Å². The molecule has 4 rings (SSSR count). The van der Waals surface area contributed by atoms with Gasteiger partial charge in [-0.05, 0) is 19.1 Å². The van der Waals surface area contributed by atoms with E-state index in [0.717, 1.165) is 0 Å². The van der Waals surface area contributed by atoms with Crippen LogP contribution in [-0.2, 0) is 9.47 Å². The van der Waals surface area contributed by atoms with E-state index in [-0.39, 0.29) is 35.1 Å². The van der Waals surface area contributed by atoms with E-state index >= 15 is 0 Å². The summed E-state index contributed by atoms with van der Waals surface area (Å²) in [5, 5.41) is 4.00. The summed E-state index contributed by atoms with van der Waals surface area (Å²) in [6.45, 7) is 4.34. The fourth-order valence-electron chi connectivity index (χ4n) is 3.64. The number of hydrogen-bond donors (Lipinski definition) is 0. The van der Waals surface area contributed by atoms with Crippen LogP contribution in [0.5, 0.6) is 0 Å². The summed E-state index contributed by atoms with van der Waals surface area (Å²) in [7, 11) is 3.12. The SMILES string of the molecule is COCC(C)c1nc(-c2ncn3c2c(=O)n(C(C)COC)c2c(F)cccc23)no1. The maximum Gasteiger partial charge on any atom is 0.278 e. The van der Waals surface area contributed by atoms with E-state index < -0.39 is 17.4 Å². The Balaban J connectivity index is 1.99. The lowest BCUT2D eigenvalue weighted by molar-refractivity contribution is 0.162. The molecule has 9 nitrogen and oxygen atoms in total. The van der Waals surface area contributed by atoms with Gasteiger partial charge in [0.05, 0.1) is 30.7 Å². The number of aromatic nitrogens is 5. The molecule has 4 aromatic rings. The number of ether oxygens (including phenoxy) is 2. The molecular formula is C20H22FN5O4. The van der Waals surface area contributed by atoms with Crippen LogP contribution < -0.4 is 5.56 Å². The second-order valence-corrected chi connectivity index (χ2v) is 7.21. The Morgan fingerprint density at radius 1 is 1.17 bits per heavy atom. The minimum absolute atomic E-state index is 0.113. The summed E-state index contributed by atoms with van der Waals surface area (Å²) in [5.41, 5.74) is 0.779. The van der Waals surface area contributed by atoms with Gasteiger partial charge in [0.1, 0.15) is 28.9 Å².